The number of carbonyl (C=O) groups is 2. The van der Waals surface area contributed by atoms with Gasteiger partial charge < -0.3 is 20.1 Å². The molecule has 1 aliphatic heterocycles. The fourth-order valence-corrected chi connectivity index (χ4v) is 4.75. The SMILES string of the molecule is CN(C)CCNC(=O)CN1C(=O)c2ccccc2C1c1c(-c2ccccc2)[nH]c2ccccc12.Cl. The predicted octanol–water partition coefficient (Wildman–Crippen LogP) is 4.48. The van der Waals surface area contributed by atoms with E-state index >= 15 is 0 Å². The minimum atomic E-state index is -0.366. The zero-order chi connectivity index (χ0) is 23.7. The van der Waals surface area contributed by atoms with Crippen LogP contribution in [0.2, 0.25) is 0 Å². The number of aromatic nitrogens is 1. The Kier molecular flexibility index (Phi) is 7.24. The summed E-state index contributed by atoms with van der Waals surface area (Å²) in [6.07, 6.45) is 0. The second-order valence-corrected chi connectivity index (χ2v) is 8.90. The first-order chi connectivity index (χ1) is 16.5. The molecule has 0 fully saturated rings. The number of nitrogens with zero attached hydrogens (tertiary/aromatic N) is 2. The van der Waals surface area contributed by atoms with Crippen LogP contribution in [0.15, 0.2) is 78.9 Å². The third-order valence-electron chi connectivity index (χ3n) is 6.34. The number of para-hydroxylation sites is 1. The molecule has 0 spiro atoms. The van der Waals surface area contributed by atoms with E-state index in [2.05, 4.69) is 28.5 Å². The Morgan fingerprint density at radius 1 is 0.971 bits per heavy atom. The first kappa shape index (κ1) is 24.5. The highest BCUT2D eigenvalue weighted by Gasteiger charge is 2.40. The topological polar surface area (TPSA) is 68.4 Å². The van der Waals surface area contributed by atoms with E-state index in [9.17, 15) is 9.59 Å². The number of amides is 2. The number of hydrogen-bond donors (Lipinski definition) is 2. The number of nitrogens with one attached hydrogen (secondary N) is 2. The Morgan fingerprint density at radius 3 is 2.43 bits per heavy atom. The van der Waals surface area contributed by atoms with Crippen molar-refractivity contribution in [2.45, 2.75) is 6.04 Å². The Hall–Kier alpha value is -3.61. The minimum Gasteiger partial charge on any atom is -0.354 e. The molecule has 35 heavy (non-hydrogen) atoms. The van der Waals surface area contributed by atoms with Crippen molar-refractivity contribution in [1.82, 2.24) is 20.1 Å². The van der Waals surface area contributed by atoms with Crippen LogP contribution in [0.5, 0.6) is 0 Å². The number of hydrogen-bond acceptors (Lipinski definition) is 3. The maximum absolute atomic E-state index is 13.5. The smallest absolute Gasteiger partial charge is 0.255 e. The van der Waals surface area contributed by atoms with Gasteiger partial charge in [-0.15, -0.1) is 12.4 Å². The van der Waals surface area contributed by atoms with Crippen LogP contribution in [0.4, 0.5) is 0 Å². The monoisotopic (exact) mass is 488 g/mol. The van der Waals surface area contributed by atoms with Crippen LogP contribution in [-0.2, 0) is 4.79 Å². The summed E-state index contributed by atoms with van der Waals surface area (Å²) in [6, 6.07) is 25.6. The van der Waals surface area contributed by atoms with Gasteiger partial charge in [-0.2, -0.15) is 0 Å². The summed E-state index contributed by atoms with van der Waals surface area (Å²) >= 11 is 0. The van der Waals surface area contributed by atoms with Crippen molar-refractivity contribution in [1.29, 1.82) is 0 Å². The van der Waals surface area contributed by atoms with Crippen molar-refractivity contribution in [3.05, 3.63) is 95.6 Å². The largest absolute Gasteiger partial charge is 0.354 e. The average Bonchev–Trinajstić information content (AvgIpc) is 3.35. The molecule has 4 aromatic rings. The molecule has 1 aromatic heterocycles. The molecule has 1 aliphatic rings. The van der Waals surface area contributed by atoms with Crippen molar-refractivity contribution < 1.29 is 9.59 Å². The zero-order valence-corrected chi connectivity index (χ0v) is 20.6. The summed E-state index contributed by atoms with van der Waals surface area (Å²) in [5.41, 5.74) is 5.61. The lowest BCUT2D eigenvalue weighted by molar-refractivity contribution is -0.122. The summed E-state index contributed by atoms with van der Waals surface area (Å²) < 4.78 is 0. The standard InChI is InChI=1S/C28H28N4O2.ClH/c1-31(2)17-16-29-24(33)18-32-27(20-12-6-7-13-21(20)28(32)34)25-22-14-8-9-15-23(22)30-26(25)19-10-4-3-5-11-19;/h3-15,27,30H,16-18H2,1-2H3,(H,29,33);1H. The van der Waals surface area contributed by atoms with Crippen LogP contribution < -0.4 is 5.32 Å². The van der Waals surface area contributed by atoms with Gasteiger partial charge >= 0.3 is 0 Å². The van der Waals surface area contributed by atoms with Gasteiger partial charge in [-0.1, -0.05) is 66.7 Å². The Balaban J connectivity index is 0.00000289. The fraction of sp³-hybridized carbons (Fsp3) is 0.214. The molecule has 1 unspecified atom stereocenters. The first-order valence-corrected chi connectivity index (χ1v) is 11.5. The van der Waals surface area contributed by atoms with Gasteiger partial charge in [0.25, 0.3) is 5.91 Å². The second-order valence-electron chi connectivity index (χ2n) is 8.90. The van der Waals surface area contributed by atoms with E-state index in [4.69, 9.17) is 0 Å². The minimum absolute atomic E-state index is 0. The van der Waals surface area contributed by atoms with Gasteiger partial charge in [0, 0.05) is 35.1 Å². The van der Waals surface area contributed by atoms with Gasteiger partial charge in [0.15, 0.2) is 0 Å². The number of halogens is 1. The lowest BCUT2D eigenvalue weighted by Gasteiger charge is -2.26. The molecule has 6 nitrogen and oxygen atoms in total. The van der Waals surface area contributed by atoms with Crippen LogP contribution in [0.3, 0.4) is 0 Å². The zero-order valence-electron chi connectivity index (χ0n) is 19.8. The molecular formula is C28H29ClN4O2. The third kappa shape index (κ3) is 4.67. The van der Waals surface area contributed by atoms with E-state index in [0.717, 1.165) is 39.8 Å². The van der Waals surface area contributed by atoms with Crippen molar-refractivity contribution in [3.8, 4) is 11.3 Å². The van der Waals surface area contributed by atoms with E-state index in [0.29, 0.717) is 12.1 Å². The Morgan fingerprint density at radius 2 is 1.66 bits per heavy atom. The van der Waals surface area contributed by atoms with Gasteiger partial charge in [0.2, 0.25) is 5.91 Å². The predicted molar refractivity (Wildman–Crippen MR) is 142 cm³/mol. The van der Waals surface area contributed by atoms with Crippen LogP contribution in [-0.4, -0.2) is 60.3 Å². The normalized spacial score (nSPS) is 14.8. The van der Waals surface area contributed by atoms with Crippen molar-refractivity contribution in [3.63, 3.8) is 0 Å². The summed E-state index contributed by atoms with van der Waals surface area (Å²) in [6.45, 7) is 1.27. The number of likely N-dealkylation sites (N-methyl/N-ethyl adjacent to an activating group) is 1. The third-order valence-corrected chi connectivity index (χ3v) is 6.34. The highest BCUT2D eigenvalue weighted by atomic mass is 35.5. The van der Waals surface area contributed by atoms with Gasteiger partial charge in [0.05, 0.1) is 11.7 Å². The molecular weight excluding hydrogens is 460 g/mol. The van der Waals surface area contributed by atoms with Crippen molar-refractivity contribution >= 4 is 35.1 Å². The lowest BCUT2D eigenvalue weighted by Crippen LogP contribution is -2.41. The summed E-state index contributed by atoms with van der Waals surface area (Å²) in [5.74, 6) is -0.276. The van der Waals surface area contributed by atoms with Gasteiger partial charge in [0.1, 0.15) is 6.54 Å². The number of fused-ring (bicyclic) bond motifs is 2. The highest BCUT2D eigenvalue weighted by molar-refractivity contribution is 6.03. The number of H-pyrrole nitrogens is 1. The van der Waals surface area contributed by atoms with Crippen LogP contribution >= 0.6 is 12.4 Å². The van der Waals surface area contributed by atoms with E-state index < -0.39 is 0 Å². The maximum Gasteiger partial charge on any atom is 0.255 e. The van der Waals surface area contributed by atoms with Crippen LogP contribution in [0, 0.1) is 0 Å². The molecule has 1 atom stereocenters. The summed E-state index contributed by atoms with van der Waals surface area (Å²) in [4.78, 5) is 33.7. The molecule has 2 heterocycles. The number of carbonyl (C=O) groups excluding carboxylic acids is 2. The van der Waals surface area contributed by atoms with E-state index in [-0.39, 0.29) is 36.8 Å². The van der Waals surface area contributed by atoms with Gasteiger partial charge in [-0.05, 0) is 37.4 Å². The van der Waals surface area contributed by atoms with Gasteiger partial charge in [-0.3, -0.25) is 9.59 Å². The molecule has 2 N–H and O–H groups in total. The molecule has 7 heteroatoms. The van der Waals surface area contributed by atoms with Crippen molar-refractivity contribution in [2.24, 2.45) is 0 Å². The number of benzene rings is 3. The first-order valence-electron chi connectivity index (χ1n) is 11.5. The average molecular weight is 489 g/mol. The maximum atomic E-state index is 13.5. The molecule has 5 rings (SSSR count). The summed E-state index contributed by atoms with van der Waals surface area (Å²) in [7, 11) is 3.93. The Labute approximate surface area is 211 Å². The van der Waals surface area contributed by atoms with Crippen molar-refractivity contribution in [2.75, 3.05) is 33.7 Å². The van der Waals surface area contributed by atoms with Gasteiger partial charge in [-0.25, -0.2) is 0 Å². The molecule has 0 bridgehead atoms. The molecule has 3 aromatic carbocycles. The molecule has 2 amide bonds. The molecule has 0 radical (unpaired) electrons. The van der Waals surface area contributed by atoms with E-state index in [1.54, 1.807) is 4.90 Å². The molecule has 180 valence electrons. The molecule has 0 saturated heterocycles. The second kappa shape index (κ2) is 10.3. The Bertz CT molecular complexity index is 1350. The van der Waals surface area contributed by atoms with E-state index in [1.807, 2.05) is 79.7 Å². The molecule has 0 saturated carbocycles. The summed E-state index contributed by atoms with van der Waals surface area (Å²) in [5, 5.41) is 4.01. The molecule has 0 aliphatic carbocycles. The van der Waals surface area contributed by atoms with Crippen LogP contribution in [0.1, 0.15) is 27.5 Å². The van der Waals surface area contributed by atoms with E-state index in [1.165, 1.54) is 0 Å². The quantitative estimate of drug-likeness (QED) is 0.403. The fourth-order valence-electron chi connectivity index (χ4n) is 4.75. The van der Waals surface area contributed by atoms with Crippen LogP contribution in [0.25, 0.3) is 22.2 Å². The highest BCUT2D eigenvalue weighted by Crippen LogP contribution is 2.45. The number of rotatable bonds is 7. The number of aromatic amines is 1. The lowest BCUT2D eigenvalue weighted by atomic mass is 9.93.